The van der Waals surface area contributed by atoms with E-state index in [2.05, 4.69) is 34.0 Å². The summed E-state index contributed by atoms with van der Waals surface area (Å²) < 4.78 is 2.89. The van der Waals surface area contributed by atoms with E-state index in [9.17, 15) is 10.1 Å². The normalized spacial score (nSPS) is 22.8. The summed E-state index contributed by atoms with van der Waals surface area (Å²) in [6, 6.07) is 2.31. The second-order valence-corrected chi connectivity index (χ2v) is 6.17. The lowest BCUT2D eigenvalue weighted by atomic mass is 9.71. The van der Waals surface area contributed by atoms with Crippen LogP contribution in [0, 0.1) is 16.7 Å². The third kappa shape index (κ3) is 2.54. The Morgan fingerprint density at radius 1 is 1.45 bits per heavy atom. The first kappa shape index (κ1) is 15.2. The molecule has 1 saturated carbocycles. The minimum absolute atomic E-state index is 0.0973. The predicted octanol–water partition coefficient (Wildman–Crippen LogP) is 3.42. The molecule has 108 valence electrons. The first-order chi connectivity index (χ1) is 9.57. The van der Waals surface area contributed by atoms with Crippen molar-refractivity contribution in [1.82, 2.24) is 9.78 Å². The molecule has 1 aromatic heterocycles. The topological polar surface area (TPSA) is 58.7 Å². The molecule has 0 spiro atoms. The summed E-state index contributed by atoms with van der Waals surface area (Å²) in [4.78, 5) is 12.3. The molecule has 1 aromatic rings. The minimum Gasteiger partial charge on any atom is -0.298 e. The maximum atomic E-state index is 12.3. The summed E-state index contributed by atoms with van der Waals surface area (Å²) in [7, 11) is 0. The summed E-state index contributed by atoms with van der Waals surface area (Å²) in [5.41, 5.74) is 1.14. The monoisotopic (exact) mass is 337 g/mol. The van der Waals surface area contributed by atoms with Crippen LogP contribution in [0.15, 0.2) is 4.47 Å². The number of carbonyl (C=O) groups is 1. The van der Waals surface area contributed by atoms with Gasteiger partial charge in [0.25, 0.3) is 0 Å². The van der Waals surface area contributed by atoms with Gasteiger partial charge in [-0.1, -0.05) is 13.3 Å². The van der Waals surface area contributed by atoms with Crippen LogP contribution in [0.2, 0.25) is 0 Å². The van der Waals surface area contributed by atoms with Crippen LogP contribution in [0.5, 0.6) is 0 Å². The summed E-state index contributed by atoms with van der Waals surface area (Å²) >= 11 is 3.60. The lowest BCUT2D eigenvalue weighted by Gasteiger charge is -2.29. The van der Waals surface area contributed by atoms with Crippen LogP contribution in [0.1, 0.15) is 50.9 Å². The lowest BCUT2D eigenvalue weighted by Crippen LogP contribution is -2.35. The van der Waals surface area contributed by atoms with E-state index in [1.165, 1.54) is 0 Å². The van der Waals surface area contributed by atoms with Gasteiger partial charge in [0.2, 0.25) is 0 Å². The second kappa shape index (κ2) is 6.09. The number of Topliss-reactive ketones (excluding diaryl/α,β-unsaturated/α-hetero) is 1. The molecule has 0 radical (unpaired) electrons. The molecule has 5 heteroatoms. The number of hydrogen-bond acceptors (Lipinski definition) is 3. The first-order valence-electron chi connectivity index (χ1n) is 7.26. The van der Waals surface area contributed by atoms with Crippen LogP contribution < -0.4 is 0 Å². The Kier molecular flexibility index (Phi) is 4.64. The molecule has 0 saturated heterocycles. The van der Waals surface area contributed by atoms with Gasteiger partial charge in [-0.3, -0.25) is 9.48 Å². The third-order valence-corrected chi connectivity index (χ3v) is 5.08. The number of halogens is 1. The van der Waals surface area contributed by atoms with Crippen molar-refractivity contribution in [3.05, 3.63) is 15.9 Å². The highest BCUT2D eigenvalue weighted by atomic mass is 79.9. The minimum atomic E-state index is -0.848. The van der Waals surface area contributed by atoms with E-state index < -0.39 is 5.41 Å². The van der Waals surface area contributed by atoms with Gasteiger partial charge in [-0.15, -0.1) is 0 Å². The zero-order valence-corrected chi connectivity index (χ0v) is 13.7. The average molecular weight is 338 g/mol. The molecule has 1 unspecified atom stereocenters. The van der Waals surface area contributed by atoms with E-state index in [0.29, 0.717) is 19.3 Å². The van der Waals surface area contributed by atoms with Crippen LogP contribution in [-0.4, -0.2) is 15.6 Å². The lowest BCUT2D eigenvalue weighted by molar-refractivity contribution is -0.128. The van der Waals surface area contributed by atoms with Crippen molar-refractivity contribution in [3.8, 4) is 6.07 Å². The molecule has 1 atom stereocenters. The van der Waals surface area contributed by atoms with Crippen LogP contribution in [0.25, 0.3) is 0 Å². The molecule has 0 aromatic carbocycles. The third-order valence-electron chi connectivity index (χ3n) is 4.17. The van der Waals surface area contributed by atoms with Gasteiger partial charge in [0.05, 0.1) is 21.9 Å². The van der Waals surface area contributed by atoms with E-state index >= 15 is 0 Å². The van der Waals surface area contributed by atoms with Crippen molar-refractivity contribution < 1.29 is 4.79 Å². The van der Waals surface area contributed by atoms with Crippen molar-refractivity contribution in [1.29, 1.82) is 5.26 Å². The van der Waals surface area contributed by atoms with Gasteiger partial charge in [-0.2, -0.15) is 10.4 Å². The number of hydrogen-bond donors (Lipinski definition) is 0. The van der Waals surface area contributed by atoms with Crippen LogP contribution in [0.4, 0.5) is 0 Å². The Labute approximate surface area is 128 Å². The summed E-state index contributed by atoms with van der Waals surface area (Å²) in [6.45, 7) is 4.84. The largest absolute Gasteiger partial charge is 0.298 e. The maximum Gasteiger partial charge on any atom is 0.153 e. The summed E-state index contributed by atoms with van der Waals surface area (Å²) in [5.74, 6) is 0.0973. The number of rotatable bonds is 4. The van der Waals surface area contributed by atoms with Gasteiger partial charge in [-0.05, 0) is 42.1 Å². The smallest absolute Gasteiger partial charge is 0.153 e. The zero-order valence-electron chi connectivity index (χ0n) is 12.1. The SMILES string of the molecule is CCc1nn(CC)c(CC2(C#N)CCCCC2=O)c1Br. The van der Waals surface area contributed by atoms with E-state index in [1.807, 2.05) is 11.6 Å². The van der Waals surface area contributed by atoms with Gasteiger partial charge in [0, 0.05) is 19.4 Å². The molecular formula is C15H20BrN3O. The number of nitriles is 1. The van der Waals surface area contributed by atoms with E-state index in [-0.39, 0.29) is 5.78 Å². The number of nitrogens with zero attached hydrogens (tertiary/aromatic N) is 3. The molecular weight excluding hydrogens is 318 g/mol. The molecule has 4 nitrogen and oxygen atoms in total. The number of aryl methyl sites for hydroxylation is 2. The number of aromatic nitrogens is 2. The van der Waals surface area contributed by atoms with Crippen molar-refractivity contribution in [3.63, 3.8) is 0 Å². The van der Waals surface area contributed by atoms with E-state index in [4.69, 9.17) is 0 Å². The molecule has 0 bridgehead atoms. The Morgan fingerprint density at radius 2 is 2.20 bits per heavy atom. The van der Waals surface area contributed by atoms with Crippen LogP contribution in [-0.2, 0) is 24.2 Å². The second-order valence-electron chi connectivity index (χ2n) is 5.38. The molecule has 1 heterocycles. The highest BCUT2D eigenvalue weighted by Crippen LogP contribution is 2.38. The van der Waals surface area contributed by atoms with E-state index in [1.54, 1.807) is 0 Å². The van der Waals surface area contributed by atoms with Crippen molar-refractivity contribution >= 4 is 21.7 Å². The summed E-state index contributed by atoms with van der Waals surface area (Å²) in [6.07, 6.45) is 4.39. The van der Waals surface area contributed by atoms with Crippen LogP contribution >= 0.6 is 15.9 Å². The van der Waals surface area contributed by atoms with Crippen molar-refractivity contribution in [2.45, 2.75) is 58.9 Å². The van der Waals surface area contributed by atoms with Crippen molar-refractivity contribution in [2.24, 2.45) is 5.41 Å². The molecule has 2 rings (SSSR count). The van der Waals surface area contributed by atoms with E-state index in [0.717, 1.165) is 41.7 Å². The molecule has 0 aliphatic heterocycles. The quantitative estimate of drug-likeness (QED) is 0.845. The highest BCUT2D eigenvalue weighted by Gasteiger charge is 2.41. The Bertz CT molecular complexity index is 558. The van der Waals surface area contributed by atoms with Gasteiger partial charge >= 0.3 is 0 Å². The van der Waals surface area contributed by atoms with Gasteiger partial charge in [0.1, 0.15) is 5.41 Å². The average Bonchev–Trinajstić information content (AvgIpc) is 2.77. The molecule has 0 amide bonds. The van der Waals surface area contributed by atoms with Gasteiger partial charge in [0.15, 0.2) is 5.78 Å². The molecule has 1 fully saturated rings. The Hall–Kier alpha value is -1.15. The number of carbonyl (C=O) groups excluding carboxylic acids is 1. The Morgan fingerprint density at radius 3 is 2.75 bits per heavy atom. The first-order valence-corrected chi connectivity index (χ1v) is 8.06. The fraction of sp³-hybridized carbons (Fsp3) is 0.667. The molecule has 1 aliphatic rings. The zero-order chi connectivity index (χ0) is 14.8. The Balaban J connectivity index is 2.39. The fourth-order valence-electron chi connectivity index (χ4n) is 2.91. The van der Waals surface area contributed by atoms with Crippen molar-refractivity contribution in [2.75, 3.05) is 0 Å². The molecule has 0 N–H and O–H groups in total. The highest BCUT2D eigenvalue weighted by molar-refractivity contribution is 9.10. The molecule has 1 aliphatic carbocycles. The van der Waals surface area contributed by atoms with Crippen LogP contribution in [0.3, 0.4) is 0 Å². The maximum absolute atomic E-state index is 12.3. The molecule has 20 heavy (non-hydrogen) atoms. The predicted molar refractivity (Wildman–Crippen MR) is 80.2 cm³/mol. The fourth-order valence-corrected chi connectivity index (χ4v) is 3.61. The van der Waals surface area contributed by atoms with Gasteiger partial charge < -0.3 is 0 Å². The van der Waals surface area contributed by atoms with Gasteiger partial charge in [-0.25, -0.2) is 0 Å². The standard InChI is InChI=1S/C15H20BrN3O/c1-3-11-14(16)12(19(4-2)18-11)9-15(10-17)8-6-5-7-13(15)20/h3-9H2,1-2H3. The summed E-state index contributed by atoms with van der Waals surface area (Å²) in [5, 5.41) is 14.1. The number of ketones is 1.